The van der Waals surface area contributed by atoms with Gasteiger partial charge in [-0.2, -0.15) is 0 Å². The van der Waals surface area contributed by atoms with E-state index in [9.17, 15) is 9.59 Å². The van der Waals surface area contributed by atoms with E-state index in [2.05, 4.69) is 10.3 Å². The number of hydrogen-bond acceptors (Lipinski definition) is 5. The van der Waals surface area contributed by atoms with Crippen LogP contribution in [0.3, 0.4) is 0 Å². The van der Waals surface area contributed by atoms with Crippen molar-refractivity contribution in [1.29, 1.82) is 5.41 Å². The lowest BCUT2D eigenvalue weighted by Gasteiger charge is -2.15. The van der Waals surface area contributed by atoms with Crippen molar-refractivity contribution in [2.75, 3.05) is 0 Å². The molecule has 0 unspecified atom stereocenters. The summed E-state index contributed by atoms with van der Waals surface area (Å²) in [4.78, 5) is 35.3. The molecule has 8 heteroatoms. The summed E-state index contributed by atoms with van der Waals surface area (Å²) in [7, 11) is 0. The lowest BCUT2D eigenvalue weighted by atomic mass is 10.1. The number of pyridine rings is 3. The SMILES string of the molecule is Cc1cccn2c(=O)c3cc(C(=O)NCc4ccccc4)c(=N)n(Cc4ccncc4)c3nc12. The molecule has 5 aromatic rings. The second-order valence-corrected chi connectivity index (χ2v) is 8.06. The molecule has 0 radical (unpaired) electrons. The summed E-state index contributed by atoms with van der Waals surface area (Å²) in [6.07, 6.45) is 4.99. The Morgan fingerprint density at radius 3 is 2.53 bits per heavy atom. The number of rotatable bonds is 5. The molecule has 8 nitrogen and oxygen atoms in total. The zero-order valence-corrected chi connectivity index (χ0v) is 18.5. The van der Waals surface area contributed by atoms with Crippen LogP contribution in [-0.2, 0) is 13.1 Å². The molecular formula is C26H22N6O2. The van der Waals surface area contributed by atoms with E-state index in [-0.39, 0.29) is 28.5 Å². The normalized spacial score (nSPS) is 11.1. The highest BCUT2D eigenvalue weighted by molar-refractivity contribution is 5.96. The molecule has 0 aliphatic carbocycles. The summed E-state index contributed by atoms with van der Waals surface area (Å²) in [5, 5.41) is 12.0. The summed E-state index contributed by atoms with van der Waals surface area (Å²) in [5.41, 5.74) is 3.35. The number of amides is 1. The van der Waals surface area contributed by atoms with E-state index in [4.69, 9.17) is 10.4 Å². The van der Waals surface area contributed by atoms with Crippen molar-refractivity contribution in [1.82, 2.24) is 24.3 Å². The van der Waals surface area contributed by atoms with Crippen molar-refractivity contribution in [3.63, 3.8) is 0 Å². The van der Waals surface area contributed by atoms with Crippen LogP contribution >= 0.6 is 0 Å². The molecule has 1 aromatic carbocycles. The summed E-state index contributed by atoms with van der Waals surface area (Å²) < 4.78 is 3.08. The molecule has 4 heterocycles. The fourth-order valence-electron chi connectivity index (χ4n) is 3.97. The molecule has 2 N–H and O–H groups in total. The topological polar surface area (TPSA) is 105 Å². The van der Waals surface area contributed by atoms with Crippen molar-refractivity contribution >= 4 is 22.6 Å². The number of carbonyl (C=O) groups is 1. The predicted molar refractivity (Wildman–Crippen MR) is 129 cm³/mol. The van der Waals surface area contributed by atoms with Gasteiger partial charge in [0.05, 0.1) is 17.5 Å². The quantitative estimate of drug-likeness (QED) is 0.402. The smallest absolute Gasteiger partial charge is 0.267 e. The zero-order chi connectivity index (χ0) is 23.7. The lowest BCUT2D eigenvalue weighted by Crippen LogP contribution is -2.35. The maximum atomic E-state index is 13.4. The average Bonchev–Trinajstić information content (AvgIpc) is 2.86. The van der Waals surface area contributed by atoms with E-state index in [1.807, 2.05) is 55.5 Å². The van der Waals surface area contributed by atoms with Crippen LogP contribution in [0.4, 0.5) is 0 Å². The van der Waals surface area contributed by atoms with Gasteiger partial charge in [-0.1, -0.05) is 36.4 Å². The summed E-state index contributed by atoms with van der Waals surface area (Å²) >= 11 is 0. The van der Waals surface area contributed by atoms with Gasteiger partial charge in [0.15, 0.2) is 0 Å². The van der Waals surface area contributed by atoms with Crippen molar-refractivity contribution in [2.24, 2.45) is 0 Å². The zero-order valence-electron chi connectivity index (χ0n) is 18.5. The van der Waals surface area contributed by atoms with Crippen LogP contribution in [0.5, 0.6) is 0 Å². The number of aryl methyl sites for hydroxylation is 1. The van der Waals surface area contributed by atoms with Crippen LogP contribution in [0.25, 0.3) is 16.7 Å². The van der Waals surface area contributed by atoms with Gasteiger partial charge in [0.1, 0.15) is 16.8 Å². The number of nitrogens with zero attached hydrogens (tertiary/aromatic N) is 4. The van der Waals surface area contributed by atoms with E-state index in [1.165, 1.54) is 10.5 Å². The molecule has 4 aromatic heterocycles. The third-order valence-corrected chi connectivity index (χ3v) is 5.76. The van der Waals surface area contributed by atoms with Crippen molar-refractivity contribution < 1.29 is 4.79 Å². The largest absolute Gasteiger partial charge is 0.348 e. The number of benzene rings is 1. The predicted octanol–water partition coefficient (Wildman–Crippen LogP) is 2.81. The first-order valence-electron chi connectivity index (χ1n) is 10.8. The third-order valence-electron chi connectivity index (χ3n) is 5.76. The Balaban J connectivity index is 1.70. The van der Waals surface area contributed by atoms with Gasteiger partial charge in [0.2, 0.25) is 0 Å². The van der Waals surface area contributed by atoms with Crippen LogP contribution in [-0.4, -0.2) is 24.8 Å². The van der Waals surface area contributed by atoms with Crippen LogP contribution in [0, 0.1) is 12.3 Å². The minimum Gasteiger partial charge on any atom is -0.348 e. The number of hydrogen-bond donors (Lipinski definition) is 2. The van der Waals surface area contributed by atoms with E-state index < -0.39 is 5.91 Å². The first kappa shape index (κ1) is 21.3. The van der Waals surface area contributed by atoms with Gasteiger partial charge >= 0.3 is 0 Å². The fourth-order valence-corrected chi connectivity index (χ4v) is 3.97. The number of aromatic nitrogens is 4. The Morgan fingerprint density at radius 2 is 1.76 bits per heavy atom. The molecule has 0 bridgehead atoms. The van der Waals surface area contributed by atoms with Gasteiger partial charge in [-0.05, 0) is 47.9 Å². The van der Waals surface area contributed by atoms with Gasteiger partial charge in [-0.3, -0.25) is 24.4 Å². The molecular weight excluding hydrogens is 428 g/mol. The van der Waals surface area contributed by atoms with Gasteiger partial charge < -0.3 is 9.88 Å². The number of carbonyl (C=O) groups excluding carboxylic acids is 1. The average molecular weight is 451 g/mol. The molecule has 0 aliphatic heterocycles. The van der Waals surface area contributed by atoms with Crippen LogP contribution in [0.2, 0.25) is 0 Å². The van der Waals surface area contributed by atoms with Crippen molar-refractivity contribution in [3.8, 4) is 0 Å². The Kier molecular flexibility index (Phi) is 5.47. The molecule has 0 atom stereocenters. The Morgan fingerprint density at radius 1 is 1.00 bits per heavy atom. The number of fused-ring (bicyclic) bond motifs is 2. The molecule has 168 valence electrons. The van der Waals surface area contributed by atoms with Crippen LogP contribution in [0.15, 0.2) is 84.0 Å². The highest BCUT2D eigenvalue weighted by atomic mass is 16.1. The maximum absolute atomic E-state index is 13.4. The Hall–Kier alpha value is -4.59. The minimum absolute atomic E-state index is 0.0142. The first-order valence-corrected chi connectivity index (χ1v) is 10.8. The standard InChI is InChI=1S/C26H22N6O2/c1-17-6-5-13-31-23(17)30-24-21(26(31)34)14-20(25(33)29-15-18-7-3-2-4-8-18)22(27)32(24)16-19-9-11-28-12-10-19/h2-14,27H,15-16H2,1H3,(H,29,33). The molecule has 5 rings (SSSR count). The molecule has 0 saturated heterocycles. The van der Waals surface area contributed by atoms with Gasteiger partial charge in [0, 0.05) is 25.1 Å². The Bertz CT molecular complexity index is 1640. The summed E-state index contributed by atoms with van der Waals surface area (Å²) in [6, 6.07) is 18.3. The van der Waals surface area contributed by atoms with E-state index in [0.29, 0.717) is 17.8 Å². The minimum atomic E-state index is -0.423. The molecule has 0 saturated carbocycles. The monoisotopic (exact) mass is 450 g/mol. The molecule has 1 amide bonds. The van der Waals surface area contributed by atoms with Crippen molar-refractivity contribution in [3.05, 3.63) is 117 Å². The Labute approximate surface area is 194 Å². The molecule has 0 aliphatic rings. The van der Waals surface area contributed by atoms with Crippen LogP contribution < -0.4 is 16.4 Å². The van der Waals surface area contributed by atoms with E-state index >= 15 is 0 Å². The molecule has 0 spiro atoms. The molecule has 0 fully saturated rings. The first-order chi connectivity index (χ1) is 16.5. The summed E-state index contributed by atoms with van der Waals surface area (Å²) in [5.74, 6) is -0.423. The lowest BCUT2D eigenvalue weighted by molar-refractivity contribution is 0.0948. The van der Waals surface area contributed by atoms with Gasteiger partial charge in [-0.25, -0.2) is 4.98 Å². The third kappa shape index (κ3) is 3.86. The highest BCUT2D eigenvalue weighted by Gasteiger charge is 2.18. The van der Waals surface area contributed by atoms with E-state index in [1.54, 1.807) is 29.2 Å². The second-order valence-electron chi connectivity index (χ2n) is 8.06. The number of nitrogens with one attached hydrogen (secondary N) is 2. The second kappa shape index (κ2) is 8.74. The highest BCUT2D eigenvalue weighted by Crippen LogP contribution is 2.14. The van der Waals surface area contributed by atoms with Gasteiger partial charge in [-0.15, -0.1) is 0 Å². The van der Waals surface area contributed by atoms with Crippen molar-refractivity contribution in [2.45, 2.75) is 20.0 Å². The van der Waals surface area contributed by atoms with E-state index in [0.717, 1.165) is 16.7 Å². The fraction of sp³-hybridized carbons (Fsp3) is 0.115. The molecule has 34 heavy (non-hydrogen) atoms. The van der Waals surface area contributed by atoms with Crippen LogP contribution in [0.1, 0.15) is 27.0 Å². The summed E-state index contributed by atoms with van der Waals surface area (Å²) in [6.45, 7) is 2.47. The maximum Gasteiger partial charge on any atom is 0.267 e. The van der Waals surface area contributed by atoms with Gasteiger partial charge in [0.25, 0.3) is 11.5 Å².